The SMILES string of the molecule is N#Cc1ccc(-c2cc(-c3ccccc3[N+](=O)[O-])c(C#N)c(N)n2)cc1. The van der Waals surface area contributed by atoms with Crippen LogP contribution >= 0.6 is 0 Å². The maximum atomic E-state index is 11.4. The van der Waals surface area contributed by atoms with Gasteiger partial charge in [-0.05, 0) is 24.3 Å². The predicted molar refractivity (Wildman–Crippen MR) is 95.6 cm³/mol. The summed E-state index contributed by atoms with van der Waals surface area (Å²) < 4.78 is 0. The van der Waals surface area contributed by atoms with Crippen molar-refractivity contribution in [2.75, 3.05) is 5.73 Å². The molecule has 1 aromatic heterocycles. The zero-order chi connectivity index (χ0) is 18.7. The minimum absolute atomic E-state index is 0.0116. The maximum absolute atomic E-state index is 11.4. The van der Waals surface area contributed by atoms with Gasteiger partial charge in [0.15, 0.2) is 0 Å². The number of para-hydroxylation sites is 1. The standard InChI is InChI=1S/C19H11N5O2/c20-10-12-5-7-13(8-6-12)17-9-15(16(11-21)19(22)23-17)14-3-1-2-4-18(14)24(25)26/h1-9H,(H2,22,23). The van der Waals surface area contributed by atoms with E-state index in [9.17, 15) is 15.4 Å². The summed E-state index contributed by atoms with van der Waals surface area (Å²) in [4.78, 5) is 15.1. The van der Waals surface area contributed by atoms with Crippen LogP contribution in [0.3, 0.4) is 0 Å². The van der Waals surface area contributed by atoms with Crippen LogP contribution in [0, 0.1) is 32.8 Å². The van der Waals surface area contributed by atoms with Gasteiger partial charge in [-0.15, -0.1) is 0 Å². The van der Waals surface area contributed by atoms with Crippen molar-refractivity contribution in [1.82, 2.24) is 4.98 Å². The zero-order valence-electron chi connectivity index (χ0n) is 13.4. The van der Waals surface area contributed by atoms with E-state index in [0.29, 0.717) is 22.4 Å². The second kappa shape index (κ2) is 6.71. The molecule has 0 atom stereocenters. The van der Waals surface area contributed by atoms with E-state index in [-0.39, 0.29) is 22.6 Å². The molecule has 7 nitrogen and oxygen atoms in total. The number of nitrogens with two attached hydrogens (primary N) is 1. The predicted octanol–water partition coefficient (Wildman–Crippen LogP) is 3.65. The number of nitro groups is 1. The summed E-state index contributed by atoms with van der Waals surface area (Å²) in [5.74, 6) is -0.0116. The van der Waals surface area contributed by atoms with Crippen LogP contribution in [0.5, 0.6) is 0 Å². The lowest BCUT2D eigenvalue weighted by Gasteiger charge is -2.10. The summed E-state index contributed by atoms with van der Waals surface area (Å²) in [6.45, 7) is 0. The largest absolute Gasteiger partial charge is 0.383 e. The molecule has 2 N–H and O–H groups in total. The van der Waals surface area contributed by atoms with Gasteiger partial charge in [0.25, 0.3) is 5.69 Å². The fraction of sp³-hybridized carbons (Fsp3) is 0. The number of anilines is 1. The van der Waals surface area contributed by atoms with E-state index in [1.807, 2.05) is 12.1 Å². The molecule has 2 aromatic carbocycles. The molecule has 3 rings (SSSR count). The van der Waals surface area contributed by atoms with Crippen molar-refractivity contribution in [3.05, 3.63) is 75.8 Å². The van der Waals surface area contributed by atoms with Crippen LogP contribution in [-0.4, -0.2) is 9.91 Å². The Morgan fingerprint density at radius 3 is 2.31 bits per heavy atom. The molecule has 7 heteroatoms. The number of aromatic nitrogens is 1. The maximum Gasteiger partial charge on any atom is 0.277 e. The first-order chi connectivity index (χ1) is 12.5. The second-order valence-corrected chi connectivity index (χ2v) is 5.39. The smallest absolute Gasteiger partial charge is 0.277 e. The lowest BCUT2D eigenvalue weighted by Crippen LogP contribution is -2.01. The quantitative estimate of drug-likeness (QED) is 0.571. The number of pyridine rings is 1. The molecule has 0 amide bonds. The van der Waals surface area contributed by atoms with E-state index in [0.717, 1.165) is 0 Å². The van der Waals surface area contributed by atoms with Gasteiger partial charge in [-0.1, -0.05) is 24.3 Å². The lowest BCUT2D eigenvalue weighted by atomic mass is 9.97. The lowest BCUT2D eigenvalue weighted by molar-refractivity contribution is -0.384. The van der Waals surface area contributed by atoms with Crippen LogP contribution in [-0.2, 0) is 0 Å². The number of benzene rings is 2. The number of nitrogen functional groups attached to an aromatic ring is 1. The fourth-order valence-electron chi connectivity index (χ4n) is 2.62. The highest BCUT2D eigenvalue weighted by molar-refractivity contribution is 5.84. The van der Waals surface area contributed by atoms with Crippen molar-refractivity contribution >= 4 is 11.5 Å². The molecule has 0 unspecified atom stereocenters. The van der Waals surface area contributed by atoms with Gasteiger partial charge in [0.1, 0.15) is 17.5 Å². The number of hydrogen-bond acceptors (Lipinski definition) is 6. The number of rotatable bonds is 3. The Kier molecular flexibility index (Phi) is 4.29. The molecule has 26 heavy (non-hydrogen) atoms. The van der Waals surface area contributed by atoms with E-state index >= 15 is 0 Å². The first kappa shape index (κ1) is 16.6. The Balaban J connectivity index is 2.26. The van der Waals surface area contributed by atoms with Crippen molar-refractivity contribution in [1.29, 1.82) is 10.5 Å². The first-order valence-corrected chi connectivity index (χ1v) is 7.50. The molecule has 124 valence electrons. The Labute approximate surface area is 148 Å². The number of nitro benzene ring substituents is 1. The minimum atomic E-state index is -0.505. The third-order valence-electron chi connectivity index (χ3n) is 3.86. The van der Waals surface area contributed by atoms with Crippen molar-refractivity contribution in [2.45, 2.75) is 0 Å². The van der Waals surface area contributed by atoms with E-state index in [4.69, 9.17) is 11.0 Å². The topological polar surface area (TPSA) is 130 Å². The van der Waals surface area contributed by atoms with Crippen LogP contribution in [0.2, 0.25) is 0 Å². The Morgan fingerprint density at radius 2 is 1.69 bits per heavy atom. The van der Waals surface area contributed by atoms with Crippen molar-refractivity contribution in [2.24, 2.45) is 0 Å². The Morgan fingerprint density at radius 1 is 1.00 bits per heavy atom. The van der Waals surface area contributed by atoms with Crippen LogP contribution in [0.1, 0.15) is 11.1 Å². The van der Waals surface area contributed by atoms with E-state index in [1.165, 1.54) is 6.07 Å². The highest BCUT2D eigenvalue weighted by Gasteiger charge is 2.20. The molecule has 0 saturated carbocycles. The van der Waals surface area contributed by atoms with Gasteiger partial charge in [-0.25, -0.2) is 4.98 Å². The molecule has 0 fully saturated rings. The molecule has 0 spiro atoms. The number of nitrogens with zero attached hydrogens (tertiary/aromatic N) is 4. The molecular weight excluding hydrogens is 330 g/mol. The summed E-state index contributed by atoms with van der Waals surface area (Å²) in [7, 11) is 0. The molecule has 0 radical (unpaired) electrons. The third kappa shape index (κ3) is 2.93. The van der Waals surface area contributed by atoms with Gasteiger partial charge in [-0.2, -0.15) is 10.5 Å². The number of hydrogen-bond donors (Lipinski definition) is 1. The summed E-state index contributed by atoms with van der Waals surface area (Å²) in [5.41, 5.74) is 8.15. The van der Waals surface area contributed by atoms with E-state index in [1.54, 1.807) is 48.5 Å². The van der Waals surface area contributed by atoms with Gasteiger partial charge in [0.2, 0.25) is 0 Å². The van der Waals surface area contributed by atoms with Crippen LogP contribution < -0.4 is 5.73 Å². The normalized spacial score (nSPS) is 9.92. The molecule has 0 aliphatic heterocycles. The van der Waals surface area contributed by atoms with Crippen LogP contribution in [0.15, 0.2) is 54.6 Å². The highest BCUT2D eigenvalue weighted by atomic mass is 16.6. The van der Waals surface area contributed by atoms with Crippen molar-refractivity contribution in [3.63, 3.8) is 0 Å². The number of nitriles is 2. The molecule has 0 bridgehead atoms. The van der Waals surface area contributed by atoms with E-state index in [2.05, 4.69) is 4.98 Å². The minimum Gasteiger partial charge on any atom is -0.383 e. The second-order valence-electron chi connectivity index (χ2n) is 5.39. The molecule has 1 heterocycles. The van der Waals surface area contributed by atoms with Crippen LogP contribution in [0.25, 0.3) is 22.4 Å². The average molecular weight is 341 g/mol. The summed E-state index contributed by atoms with van der Waals surface area (Å²) >= 11 is 0. The molecular formula is C19H11N5O2. The Hall–Kier alpha value is -4.23. The van der Waals surface area contributed by atoms with Crippen molar-refractivity contribution in [3.8, 4) is 34.5 Å². The van der Waals surface area contributed by atoms with Crippen LogP contribution in [0.4, 0.5) is 11.5 Å². The monoisotopic (exact) mass is 341 g/mol. The molecule has 0 saturated heterocycles. The first-order valence-electron chi connectivity index (χ1n) is 7.50. The van der Waals surface area contributed by atoms with Gasteiger partial charge in [0.05, 0.1) is 27.8 Å². The van der Waals surface area contributed by atoms with E-state index < -0.39 is 4.92 Å². The summed E-state index contributed by atoms with van der Waals surface area (Å²) in [5, 5.41) is 29.7. The third-order valence-corrected chi connectivity index (χ3v) is 3.86. The summed E-state index contributed by atoms with van der Waals surface area (Å²) in [6.07, 6.45) is 0. The van der Waals surface area contributed by atoms with Gasteiger partial charge in [0, 0.05) is 17.2 Å². The van der Waals surface area contributed by atoms with Gasteiger partial charge >= 0.3 is 0 Å². The Bertz CT molecular complexity index is 1090. The molecule has 0 aliphatic rings. The summed E-state index contributed by atoms with van der Waals surface area (Å²) in [6, 6.07) is 18.4. The van der Waals surface area contributed by atoms with Crippen molar-refractivity contribution < 1.29 is 4.92 Å². The fourth-order valence-corrected chi connectivity index (χ4v) is 2.62. The molecule has 0 aliphatic carbocycles. The van der Waals surface area contributed by atoms with Gasteiger partial charge in [-0.3, -0.25) is 10.1 Å². The zero-order valence-corrected chi connectivity index (χ0v) is 13.4. The average Bonchev–Trinajstić information content (AvgIpc) is 2.67. The van der Waals surface area contributed by atoms with Gasteiger partial charge < -0.3 is 5.73 Å². The highest BCUT2D eigenvalue weighted by Crippen LogP contribution is 2.36. The molecule has 3 aromatic rings.